The average molecular weight is 588 g/mol. The minimum Gasteiger partial charge on any atom is -0.493 e. The number of fused-ring (bicyclic) bond motifs is 3. The van der Waals surface area contributed by atoms with Gasteiger partial charge in [-0.05, 0) is 61.8 Å². The van der Waals surface area contributed by atoms with Crippen molar-refractivity contribution in [2.24, 2.45) is 0 Å². The maximum absolute atomic E-state index is 13.7. The highest BCUT2D eigenvalue weighted by Gasteiger charge is 2.31. The van der Waals surface area contributed by atoms with Gasteiger partial charge in [-0.25, -0.2) is 9.78 Å². The Bertz CT molecular complexity index is 1600. The summed E-state index contributed by atoms with van der Waals surface area (Å²) in [5.41, 5.74) is 4.59. The SMILES string of the molecule is CCOC(=O)c1c(CN(CC)CC)nc2sc3c(c2c1-c1ccc(OC)c(OC)c1)CCN(C(=O)c1ccccc1)C3. The van der Waals surface area contributed by atoms with E-state index in [1.807, 2.05) is 60.4 Å². The summed E-state index contributed by atoms with van der Waals surface area (Å²) in [6.07, 6.45) is 0.660. The quantitative estimate of drug-likeness (QED) is 0.205. The van der Waals surface area contributed by atoms with Gasteiger partial charge in [0.25, 0.3) is 5.91 Å². The van der Waals surface area contributed by atoms with Gasteiger partial charge in [-0.2, -0.15) is 0 Å². The molecular formula is C33H37N3O5S. The fourth-order valence-corrected chi connectivity index (χ4v) is 6.85. The zero-order valence-corrected chi connectivity index (χ0v) is 25.7. The van der Waals surface area contributed by atoms with Crippen molar-refractivity contribution in [3.63, 3.8) is 0 Å². The van der Waals surface area contributed by atoms with Crippen LogP contribution in [0.5, 0.6) is 11.5 Å². The van der Waals surface area contributed by atoms with Gasteiger partial charge in [0.15, 0.2) is 11.5 Å². The molecule has 0 spiro atoms. The highest BCUT2D eigenvalue weighted by Crippen LogP contribution is 2.44. The van der Waals surface area contributed by atoms with Crippen LogP contribution in [0.25, 0.3) is 21.3 Å². The van der Waals surface area contributed by atoms with Crippen LogP contribution in [0.2, 0.25) is 0 Å². The number of thiophene rings is 1. The van der Waals surface area contributed by atoms with Crippen LogP contribution in [-0.4, -0.2) is 67.1 Å². The first-order chi connectivity index (χ1) is 20.4. The molecule has 4 aromatic rings. The Hall–Kier alpha value is -3.95. The van der Waals surface area contributed by atoms with E-state index in [4.69, 9.17) is 19.2 Å². The van der Waals surface area contributed by atoms with E-state index in [0.717, 1.165) is 44.9 Å². The fourth-order valence-electron chi connectivity index (χ4n) is 5.59. The van der Waals surface area contributed by atoms with Crippen molar-refractivity contribution in [2.45, 2.75) is 40.3 Å². The van der Waals surface area contributed by atoms with Crippen LogP contribution in [-0.2, 0) is 24.2 Å². The molecule has 0 saturated heterocycles. The lowest BCUT2D eigenvalue weighted by molar-refractivity contribution is 0.0524. The summed E-state index contributed by atoms with van der Waals surface area (Å²) in [4.78, 5) is 38.3. The van der Waals surface area contributed by atoms with Gasteiger partial charge in [0.05, 0.1) is 38.6 Å². The zero-order valence-electron chi connectivity index (χ0n) is 24.9. The number of carbonyl (C=O) groups excluding carboxylic acids is 2. The zero-order chi connectivity index (χ0) is 29.8. The molecule has 1 amide bonds. The van der Waals surface area contributed by atoms with Crippen LogP contribution in [0, 0.1) is 0 Å². The Balaban J connectivity index is 1.74. The number of aromatic nitrogens is 1. The molecule has 1 aliphatic heterocycles. The van der Waals surface area contributed by atoms with Crippen molar-refractivity contribution in [1.82, 2.24) is 14.8 Å². The van der Waals surface area contributed by atoms with Crippen molar-refractivity contribution in [3.05, 3.63) is 75.8 Å². The molecule has 0 bridgehead atoms. The van der Waals surface area contributed by atoms with Gasteiger partial charge in [0.2, 0.25) is 0 Å². The third kappa shape index (κ3) is 5.58. The molecule has 1 aliphatic rings. The summed E-state index contributed by atoms with van der Waals surface area (Å²) in [5.74, 6) is 0.801. The number of nitrogens with zero attached hydrogens (tertiary/aromatic N) is 3. The minimum absolute atomic E-state index is 0.0150. The number of methoxy groups -OCH3 is 2. The van der Waals surface area contributed by atoms with Crippen LogP contribution in [0.15, 0.2) is 48.5 Å². The molecule has 220 valence electrons. The molecule has 0 unspecified atom stereocenters. The van der Waals surface area contributed by atoms with Crippen molar-refractivity contribution in [3.8, 4) is 22.6 Å². The van der Waals surface area contributed by atoms with Crippen LogP contribution < -0.4 is 9.47 Å². The van der Waals surface area contributed by atoms with Crippen molar-refractivity contribution >= 4 is 33.4 Å². The second-order valence-electron chi connectivity index (χ2n) is 10.1. The van der Waals surface area contributed by atoms with Crippen molar-refractivity contribution in [1.29, 1.82) is 0 Å². The summed E-state index contributed by atoms with van der Waals surface area (Å²) in [5, 5.41) is 0.945. The van der Waals surface area contributed by atoms with E-state index in [1.165, 1.54) is 0 Å². The smallest absolute Gasteiger partial charge is 0.340 e. The number of esters is 1. The second-order valence-corrected chi connectivity index (χ2v) is 11.2. The lowest BCUT2D eigenvalue weighted by Crippen LogP contribution is -2.35. The number of ether oxygens (including phenoxy) is 3. The van der Waals surface area contributed by atoms with E-state index in [9.17, 15) is 9.59 Å². The Morgan fingerprint density at radius 1 is 1.00 bits per heavy atom. The largest absolute Gasteiger partial charge is 0.493 e. The first-order valence-electron chi connectivity index (χ1n) is 14.4. The van der Waals surface area contributed by atoms with Gasteiger partial charge in [0, 0.05) is 34.5 Å². The number of pyridine rings is 1. The van der Waals surface area contributed by atoms with E-state index in [-0.39, 0.29) is 12.5 Å². The minimum atomic E-state index is -0.393. The third-order valence-corrected chi connectivity index (χ3v) is 8.90. The Kier molecular flexibility index (Phi) is 9.09. The summed E-state index contributed by atoms with van der Waals surface area (Å²) >= 11 is 1.60. The number of carbonyl (C=O) groups is 2. The lowest BCUT2D eigenvalue weighted by atomic mass is 9.91. The summed E-state index contributed by atoms with van der Waals surface area (Å²) < 4.78 is 16.8. The molecule has 3 heterocycles. The number of hydrogen-bond donors (Lipinski definition) is 0. The number of hydrogen-bond acceptors (Lipinski definition) is 8. The Labute approximate surface area is 250 Å². The maximum Gasteiger partial charge on any atom is 0.340 e. The molecule has 0 saturated carbocycles. The van der Waals surface area contributed by atoms with Gasteiger partial charge in [-0.3, -0.25) is 9.69 Å². The predicted molar refractivity (Wildman–Crippen MR) is 166 cm³/mol. The third-order valence-electron chi connectivity index (χ3n) is 7.79. The molecule has 9 heteroatoms. The molecule has 0 atom stereocenters. The number of amides is 1. The molecule has 5 rings (SSSR count). The molecular weight excluding hydrogens is 550 g/mol. The second kappa shape index (κ2) is 12.9. The molecule has 8 nitrogen and oxygen atoms in total. The van der Waals surface area contributed by atoms with Gasteiger partial charge in [-0.1, -0.05) is 38.1 Å². The number of benzene rings is 2. The normalized spacial score (nSPS) is 12.9. The van der Waals surface area contributed by atoms with Crippen molar-refractivity contribution < 1.29 is 23.8 Å². The topological polar surface area (TPSA) is 81.2 Å². The van der Waals surface area contributed by atoms with E-state index in [0.29, 0.717) is 54.4 Å². The Morgan fingerprint density at radius 3 is 2.40 bits per heavy atom. The highest BCUT2D eigenvalue weighted by atomic mass is 32.1. The van der Waals surface area contributed by atoms with Gasteiger partial charge < -0.3 is 19.1 Å². The average Bonchev–Trinajstić information content (AvgIpc) is 3.39. The predicted octanol–water partition coefficient (Wildman–Crippen LogP) is 6.20. The molecule has 0 aliphatic carbocycles. The van der Waals surface area contributed by atoms with E-state index in [1.54, 1.807) is 25.6 Å². The van der Waals surface area contributed by atoms with E-state index in [2.05, 4.69) is 18.7 Å². The fraction of sp³-hybridized carbons (Fsp3) is 0.364. The Morgan fingerprint density at radius 2 is 1.74 bits per heavy atom. The molecule has 2 aromatic heterocycles. The number of rotatable bonds is 10. The molecule has 0 N–H and O–H groups in total. The standard InChI is InChI=1S/C33H37N3O5S/c1-6-35(7-2)19-24-30(33(38)41-8-3)28(22-14-15-25(39-4)26(18-22)40-5)29-23-16-17-36(20-27(23)42-31(29)34-24)32(37)21-12-10-9-11-13-21/h9-15,18H,6-8,16-17,19-20H2,1-5H3. The van der Waals surface area contributed by atoms with Gasteiger partial charge in [0.1, 0.15) is 4.83 Å². The van der Waals surface area contributed by atoms with Crippen LogP contribution >= 0.6 is 11.3 Å². The van der Waals surface area contributed by atoms with Crippen LogP contribution in [0.3, 0.4) is 0 Å². The molecule has 42 heavy (non-hydrogen) atoms. The highest BCUT2D eigenvalue weighted by molar-refractivity contribution is 7.19. The van der Waals surface area contributed by atoms with Crippen LogP contribution in [0.1, 0.15) is 57.6 Å². The molecule has 2 aromatic carbocycles. The molecule has 0 fully saturated rings. The van der Waals surface area contributed by atoms with Crippen LogP contribution in [0.4, 0.5) is 0 Å². The monoisotopic (exact) mass is 587 g/mol. The lowest BCUT2D eigenvalue weighted by Gasteiger charge is -2.27. The summed E-state index contributed by atoms with van der Waals surface area (Å²) in [7, 11) is 3.21. The first-order valence-corrected chi connectivity index (χ1v) is 15.2. The van der Waals surface area contributed by atoms with Gasteiger partial charge in [-0.15, -0.1) is 11.3 Å². The maximum atomic E-state index is 13.7. The molecule has 0 radical (unpaired) electrons. The summed E-state index contributed by atoms with van der Waals surface area (Å²) in [6.45, 7) is 9.50. The first kappa shape index (κ1) is 29.5. The van der Waals surface area contributed by atoms with Gasteiger partial charge >= 0.3 is 5.97 Å². The van der Waals surface area contributed by atoms with Crippen molar-refractivity contribution in [2.75, 3.05) is 40.5 Å². The summed E-state index contributed by atoms with van der Waals surface area (Å²) in [6, 6.07) is 15.1. The van der Waals surface area contributed by atoms with E-state index >= 15 is 0 Å². The van der Waals surface area contributed by atoms with E-state index < -0.39 is 5.97 Å².